The van der Waals surface area contributed by atoms with Crippen LogP contribution in [0.15, 0.2) is 18.2 Å². The van der Waals surface area contributed by atoms with Crippen molar-refractivity contribution in [1.29, 1.82) is 0 Å². The van der Waals surface area contributed by atoms with E-state index >= 15 is 0 Å². The molecule has 0 aromatic heterocycles. The molecule has 0 bridgehead atoms. The highest BCUT2D eigenvalue weighted by atomic mass is 19.1. The Kier molecular flexibility index (Phi) is 5.07. The van der Waals surface area contributed by atoms with Crippen molar-refractivity contribution < 1.29 is 13.9 Å². The first-order valence-corrected chi connectivity index (χ1v) is 6.98. The first kappa shape index (κ1) is 15.4. The van der Waals surface area contributed by atoms with Crippen LogP contribution in [-0.4, -0.2) is 60.8 Å². The van der Waals surface area contributed by atoms with Crippen molar-refractivity contribution in [1.82, 2.24) is 9.80 Å². The summed E-state index contributed by atoms with van der Waals surface area (Å²) in [4.78, 5) is 4.22. The molecule has 1 aromatic rings. The van der Waals surface area contributed by atoms with E-state index < -0.39 is 17.7 Å². The molecule has 1 aliphatic heterocycles. The summed E-state index contributed by atoms with van der Waals surface area (Å²) in [6.45, 7) is 2.56. The summed E-state index contributed by atoms with van der Waals surface area (Å²) in [5.74, 6) is -1.18. The molecule has 1 saturated heterocycles. The molecule has 112 valence electrons. The summed E-state index contributed by atoms with van der Waals surface area (Å²) < 4.78 is 27.3. The van der Waals surface area contributed by atoms with Gasteiger partial charge < -0.3 is 10.0 Å². The topological polar surface area (TPSA) is 26.7 Å². The van der Waals surface area contributed by atoms with Crippen LogP contribution < -0.4 is 0 Å². The molecule has 0 saturated carbocycles. The van der Waals surface area contributed by atoms with Crippen LogP contribution in [0.3, 0.4) is 0 Å². The molecule has 20 heavy (non-hydrogen) atoms. The third-order valence-corrected chi connectivity index (χ3v) is 4.03. The quantitative estimate of drug-likeness (QED) is 0.911. The van der Waals surface area contributed by atoms with Crippen LogP contribution in [0.1, 0.15) is 12.0 Å². The summed E-state index contributed by atoms with van der Waals surface area (Å²) in [6.07, 6.45) is 0.248. The van der Waals surface area contributed by atoms with Gasteiger partial charge in [-0.2, -0.15) is 0 Å². The predicted octanol–water partition coefficient (Wildman–Crippen LogP) is 1.50. The molecule has 0 aliphatic carbocycles. The highest BCUT2D eigenvalue weighted by Crippen LogP contribution is 2.18. The lowest BCUT2D eigenvalue weighted by Gasteiger charge is -2.31. The summed E-state index contributed by atoms with van der Waals surface area (Å²) >= 11 is 0. The molecule has 1 N–H and O–H groups in total. The maximum atomic E-state index is 13.7. The van der Waals surface area contributed by atoms with Crippen LogP contribution >= 0.6 is 0 Å². The SMILES string of the molecule is CN1CCCN(C)C(C(O)Cc2c(F)cccc2F)C1. The zero-order chi connectivity index (χ0) is 14.7. The summed E-state index contributed by atoms with van der Waals surface area (Å²) in [5.41, 5.74) is -0.0275. The Morgan fingerprint density at radius 3 is 2.55 bits per heavy atom. The first-order chi connectivity index (χ1) is 9.49. The molecule has 3 nitrogen and oxygen atoms in total. The number of aliphatic hydroxyl groups excluding tert-OH is 1. The number of benzene rings is 1. The average molecular weight is 284 g/mol. The standard InChI is InChI=1S/C15H22F2N2O/c1-18-7-4-8-19(2)14(10-18)15(20)9-11-12(16)5-3-6-13(11)17/h3,5-6,14-15,20H,4,7-10H2,1-2H3. The Labute approximate surface area is 118 Å². The van der Waals surface area contributed by atoms with Crippen LogP contribution in [0, 0.1) is 11.6 Å². The molecule has 0 amide bonds. The second kappa shape index (κ2) is 6.61. The van der Waals surface area contributed by atoms with Crippen molar-refractivity contribution in [2.45, 2.75) is 25.0 Å². The molecular weight excluding hydrogens is 262 g/mol. The highest BCUT2D eigenvalue weighted by molar-refractivity contribution is 5.20. The fourth-order valence-electron chi connectivity index (χ4n) is 2.79. The monoisotopic (exact) mass is 284 g/mol. The van der Waals surface area contributed by atoms with Gasteiger partial charge in [-0.3, -0.25) is 4.90 Å². The Bertz CT molecular complexity index is 435. The van der Waals surface area contributed by atoms with Gasteiger partial charge in [0.15, 0.2) is 0 Å². The van der Waals surface area contributed by atoms with Crippen LogP contribution in [0.5, 0.6) is 0 Å². The van der Waals surface area contributed by atoms with Crippen LogP contribution in [0.4, 0.5) is 8.78 Å². The maximum Gasteiger partial charge on any atom is 0.129 e. The van der Waals surface area contributed by atoms with Crippen LogP contribution in [-0.2, 0) is 6.42 Å². The predicted molar refractivity (Wildman–Crippen MR) is 74.6 cm³/mol. The van der Waals surface area contributed by atoms with Crippen molar-refractivity contribution in [2.24, 2.45) is 0 Å². The molecule has 1 heterocycles. The van der Waals surface area contributed by atoms with E-state index in [0.717, 1.165) is 19.5 Å². The minimum Gasteiger partial charge on any atom is -0.391 e. The van der Waals surface area contributed by atoms with Gasteiger partial charge in [-0.15, -0.1) is 0 Å². The highest BCUT2D eigenvalue weighted by Gasteiger charge is 2.28. The van der Waals surface area contributed by atoms with Gasteiger partial charge in [0.25, 0.3) is 0 Å². The Balaban J connectivity index is 2.12. The normalized spacial score (nSPS) is 23.6. The van der Waals surface area contributed by atoms with Gasteiger partial charge in [-0.25, -0.2) is 8.78 Å². The average Bonchev–Trinajstić information content (AvgIpc) is 2.56. The largest absolute Gasteiger partial charge is 0.391 e. The second-order valence-electron chi connectivity index (χ2n) is 5.64. The lowest BCUT2D eigenvalue weighted by Crippen LogP contribution is -2.47. The molecule has 2 unspecified atom stereocenters. The molecule has 1 aromatic carbocycles. The molecule has 0 radical (unpaired) electrons. The molecule has 1 fully saturated rings. The smallest absolute Gasteiger partial charge is 0.129 e. The fraction of sp³-hybridized carbons (Fsp3) is 0.600. The van der Waals surface area contributed by atoms with Gasteiger partial charge in [0.2, 0.25) is 0 Å². The van der Waals surface area contributed by atoms with Gasteiger partial charge in [-0.05, 0) is 45.7 Å². The van der Waals surface area contributed by atoms with Crippen molar-refractivity contribution in [3.8, 4) is 0 Å². The first-order valence-electron chi connectivity index (χ1n) is 6.98. The zero-order valence-corrected chi connectivity index (χ0v) is 12.0. The third-order valence-electron chi connectivity index (χ3n) is 4.03. The summed E-state index contributed by atoms with van der Waals surface area (Å²) in [5, 5.41) is 10.4. The molecular formula is C15H22F2N2O. The molecule has 5 heteroatoms. The number of aliphatic hydroxyl groups is 1. The number of likely N-dealkylation sites (N-methyl/N-ethyl adjacent to an activating group) is 2. The lowest BCUT2D eigenvalue weighted by atomic mass is 10.00. The number of halogens is 2. The molecule has 0 spiro atoms. The van der Waals surface area contributed by atoms with Crippen LogP contribution in [0.2, 0.25) is 0 Å². The maximum absolute atomic E-state index is 13.7. The number of hydrogen-bond donors (Lipinski definition) is 1. The van der Waals surface area contributed by atoms with Gasteiger partial charge >= 0.3 is 0 Å². The van der Waals surface area contributed by atoms with E-state index in [9.17, 15) is 13.9 Å². The van der Waals surface area contributed by atoms with E-state index in [1.807, 2.05) is 14.1 Å². The van der Waals surface area contributed by atoms with E-state index in [0.29, 0.717) is 6.54 Å². The number of rotatable bonds is 3. The zero-order valence-electron chi connectivity index (χ0n) is 12.0. The minimum atomic E-state index is -0.785. The van der Waals surface area contributed by atoms with Crippen LogP contribution in [0.25, 0.3) is 0 Å². The number of hydrogen-bond acceptors (Lipinski definition) is 3. The Morgan fingerprint density at radius 2 is 1.90 bits per heavy atom. The molecule has 1 aliphatic rings. The fourth-order valence-corrected chi connectivity index (χ4v) is 2.79. The van der Waals surface area contributed by atoms with E-state index in [2.05, 4.69) is 9.80 Å². The molecule has 2 rings (SSSR count). The van der Waals surface area contributed by atoms with Crippen molar-refractivity contribution in [2.75, 3.05) is 33.7 Å². The van der Waals surface area contributed by atoms with E-state index in [-0.39, 0.29) is 18.0 Å². The van der Waals surface area contributed by atoms with E-state index in [1.54, 1.807) is 0 Å². The van der Waals surface area contributed by atoms with Crippen molar-refractivity contribution >= 4 is 0 Å². The van der Waals surface area contributed by atoms with Gasteiger partial charge in [-0.1, -0.05) is 6.07 Å². The molecule has 2 atom stereocenters. The van der Waals surface area contributed by atoms with Crippen molar-refractivity contribution in [3.63, 3.8) is 0 Å². The summed E-state index contributed by atoms with van der Waals surface area (Å²) in [6, 6.07) is 3.69. The minimum absolute atomic E-state index is 0.00134. The van der Waals surface area contributed by atoms with Gasteiger partial charge in [0.05, 0.1) is 6.10 Å². The Hall–Kier alpha value is -1.04. The third kappa shape index (κ3) is 3.53. The van der Waals surface area contributed by atoms with E-state index in [1.165, 1.54) is 18.2 Å². The lowest BCUT2D eigenvalue weighted by molar-refractivity contribution is 0.0569. The number of nitrogens with zero attached hydrogens (tertiary/aromatic N) is 2. The summed E-state index contributed by atoms with van der Waals surface area (Å²) in [7, 11) is 3.95. The van der Waals surface area contributed by atoms with Gasteiger partial charge in [0, 0.05) is 24.6 Å². The van der Waals surface area contributed by atoms with Gasteiger partial charge in [0.1, 0.15) is 11.6 Å². The Morgan fingerprint density at radius 1 is 1.25 bits per heavy atom. The van der Waals surface area contributed by atoms with Crippen molar-refractivity contribution in [3.05, 3.63) is 35.4 Å². The van der Waals surface area contributed by atoms with E-state index in [4.69, 9.17) is 0 Å². The second-order valence-corrected chi connectivity index (χ2v) is 5.64.